The van der Waals surface area contributed by atoms with Crippen LogP contribution in [0.1, 0.15) is 23.3 Å². The fraction of sp³-hybridized carbons (Fsp3) is 0.389. The summed E-state index contributed by atoms with van der Waals surface area (Å²) in [5.41, 5.74) is 2.30. The number of carbonyl (C=O) groups excluding carboxylic acids is 1. The quantitative estimate of drug-likeness (QED) is 0.838. The van der Waals surface area contributed by atoms with Crippen molar-refractivity contribution in [3.8, 4) is 0 Å². The van der Waals surface area contributed by atoms with Gasteiger partial charge in [0.25, 0.3) is 5.91 Å². The third kappa shape index (κ3) is 4.67. The fourth-order valence-corrected chi connectivity index (χ4v) is 2.62. The van der Waals surface area contributed by atoms with Gasteiger partial charge in [0.2, 0.25) is 5.95 Å². The van der Waals surface area contributed by atoms with E-state index in [1.165, 1.54) is 0 Å². The largest absolute Gasteiger partial charge is 0.378 e. The molecule has 1 aliphatic rings. The van der Waals surface area contributed by atoms with Gasteiger partial charge in [0.1, 0.15) is 5.69 Å². The van der Waals surface area contributed by atoms with E-state index in [1.54, 1.807) is 12.3 Å². The number of aromatic nitrogens is 2. The van der Waals surface area contributed by atoms with E-state index in [0.29, 0.717) is 18.2 Å². The first kappa shape index (κ1) is 17.2. The molecule has 2 aromatic rings. The highest BCUT2D eigenvalue weighted by Crippen LogP contribution is 2.18. The second kappa shape index (κ2) is 7.94. The van der Waals surface area contributed by atoms with Gasteiger partial charge in [0.15, 0.2) is 0 Å². The highest BCUT2D eigenvalue weighted by atomic mass is 16.5. The molecule has 0 bridgehead atoms. The van der Waals surface area contributed by atoms with E-state index < -0.39 is 0 Å². The number of anilines is 3. The zero-order valence-electron chi connectivity index (χ0n) is 14.5. The first-order valence-electron chi connectivity index (χ1n) is 8.39. The summed E-state index contributed by atoms with van der Waals surface area (Å²) in [5.74, 6) is 0.172. The van der Waals surface area contributed by atoms with Gasteiger partial charge in [0, 0.05) is 44.8 Å². The Labute approximate surface area is 147 Å². The Morgan fingerprint density at radius 3 is 2.76 bits per heavy atom. The number of hydrogen-bond acceptors (Lipinski definition) is 6. The summed E-state index contributed by atoms with van der Waals surface area (Å²) < 4.78 is 5.51. The maximum absolute atomic E-state index is 12.2. The van der Waals surface area contributed by atoms with Gasteiger partial charge in [-0.3, -0.25) is 4.79 Å². The number of nitrogens with one attached hydrogen (secondary N) is 2. The minimum Gasteiger partial charge on any atom is -0.378 e. The van der Waals surface area contributed by atoms with Crippen LogP contribution in [-0.2, 0) is 4.74 Å². The molecule has 1 aromatic carbocycles. The molecule has 2 heterocycles. The molecular weight excluding hydrogens is 318 g/mol. The number of hydrogen-bond donors (Lipinski definition) is 2. The third-order valence-electron chi connectivity index (χ3n) is 4.04. The standard InChI is InChI=1S/C18H23N5O2/c1-23(2)14-7-5-13(6-8-14)21-18-19-10-9-16(22-18)17(24)20-12-15-4-3-11-25-15/h5-10,15H,3-4,11-12H2,1-2H3,(H,20,24)(H,19,21,22). The van der Waals surface area contributed by atoms with Crippen molar-refractivity contribution < 1.29 is 9.53 Å². The summed E-state index contributed by atoms with van der Waals surface area (Å²) in [6, 6.07) is 9.50. The van der Waals surface area contributed by atoms with Crippen molar-refractivity contribution in [1.82, 2.24) is 15.3 Å². The van der Waals surface area contributed by atoms with Gasteiger partial charge < -0.3 is 20.3 Å². The number of ether oxygens (including phenoxy) is 1. The molecule has 0 aliphatic carbocycles. The van der Waals surface area contributed by atoms with Gasteiger partial charge in [-0.1, -0.05) is 0 Å². The topological polar surface area (TPSA) is 79.4 Å². The summed E-state index contributed by atoms with van der Waals surface area (Å²) in [7, 11) is 3.98. The third-order valence-corrected chi connectivity index (χ3v) is 4.04. The van der Waals surface area contributed by atoms with Gasteiger partial charge in [-0.25, -0.2) is 9.97 Å². The molecule has 1 aromatic heterocycles. The molecule has 1 atom stereocenters. The zero-order chi connectivity index (χ0) is 17.6. The predicted molar refractivity (Wildman–Crippen MR) is 97.4 cm³/mol. The fourth-order valence-electron chi connectivity index (χ4n) is 2.62. The van der Waals surface area contributed by atoms with Gasteiger partial charge in [-0.05, 0) is 43.2 Å². The Morgan fingerprint density at radius 1 is 1.28 bits per heavy atom. The maximum Gasteiger partial charge on any atom is 0.270 e. The van der Waals surface area contributed by atoms with Crippen molar-refractivity contribution in [2.45, 2.75) is 18.9 Å². The van der Waals surface area contributed by atoms with Crippen LogP contribution >= 0.6 is 0 Å². The molecule has 0 radical (unpaired) electrons. The van der Waals surface area contributed by atoms with E-state index in [9.17, 15) is 4.79 Å². The second-order valence-corrected chi connectivity index (χ2v) is 6.18. The molecule has 0 saturated carbocycles. The van der Waals surface area contributed by atoms with Crippen LogP contribution in [0.2, 0.25) is 0 Å². The van der Waals surface area contributed by atoms with E-state index in [4.69, 9.17) is 4.74 Å². The SMILES string of the molecule is CN(C)c1ccc(Nc2nccc(C(=O)NCC3CCCO3)n2)cc1. The van der Waals surface area contributed by atoms with Gasteiger partial charge in [0.05, 0.1) is 6.10 Å². The van der Waals surface area contributed by atoms with Gasteiger partial charge in [-0.15, -0.1) is 0 Å². The van der Waals surface area contributed by atoms with Crippen molar-refractivity contribution in [3.63, 3.8) is 0 Å². The van der Waals surface area contributed by atoms with Crippen LogP contribution in [0.3, 0.4) is 0 Å². The Hall–Kier alpha value is -2.67. The van der Waals surface area contributed by atoms with Crippen LogP contribution in [0.25, 0.3) is 0 Å². The molecular formula is C18H23N5O2. The molecule has 1 unspecified atom stereocenters. The molecule has 132 valence electrons. The van der Waals surface area contributed by atoms with Gasteiger partial charge in [-0.2, -0.15) is 0 Å². The van der Waals surface area contributed by atoms with Crippen molar-refractivity contribution in [2.75, 3.05) is 37.5 Å². The summed E-state index contributed by atoms with van der Waals surface area (Å²) in [6.45, 7) is 1.28. The molecule has 1 amide bonds. The highest BCUT2D eigenvalue weighted by Gasteiger charge is 2.17. The van der Waals surface area contributed by atoms with E-state index >= 15 is 0 Å². The van der Waals surface area contributed by atoms with Crippen molar-refractivity contribution in [1.29, 1.82) is 0 Å². The van der Waals surface area contributed by atoms with E-state index in [2.05, 4.69) is 20.6 Å². The van der Waals surface area contributed by atoms with Crippen molar-refractivity contribution in [3.05, 3.63) is 42.2 Å². The predicted octanol–water partition coefficient (Wildman–Crippen LogP) is 2.19. The minimum atomic E-state index is -0.219. The molecule has 1 fully saturated rings. The molecule has 1 saturated heterocycles. The van der Waals surface area contributed by atoms with E-state index in [-0.39, 0.29) is 12.0 Å². The Bertz CT molecular complexity index is 712. The van der Waals surface area contributed by atoms with Crippen LogP contribution < -0.4 is 15.5 Å². The monoisotopic (exact) mass is 341 g/mol. The number of benzene rings is 1. The molecule has 7 nitrogen and oxygen atoms in total. The van der Waals surface area contributed by atoms with Crippen LogP contribution in [0, 0.1) is 0 Å². The van der Waals surface area contributed by atoms with Crippen molar-refractivity contribution >= 4 is 23.2 Å². The van der Waals surface area contributed by atoms with Crippen LogP contribution in [0.4, 0.5) is 17.3 Å². The van der Waals surface area contributed by atoms with Gasteiger partial charge >= 0.3 is 0 Å². The molecule has 0 spiro atoms. The summed E-state index contributed by atoms with van der Waals surface area (Å²) >= 11 is 0. The summed E-state index contributed by atoms with van der Waals surface area (Å²) in [6.07, 6.45) is 3.72. The van der Waals surface area contributed by atoms with E-state index in [0.717, 1.165) is 30.8 Å². The maximum atomic E-state index is 12.2. The van der Waals surface area contributed by atoms with E-state index in [1.807, 2.05) is 43.3 Å². The second-order valence-electron chi connectivity index (χ2n) is 6.18. The average molecular weight is 341 g/mol. The lowest BCUT2D eigenvalue weighted by molar-refractivity contribution is 0.0853. The number of nitrogens with zero attached hydrogens (tertiary/aromatic N) is 3. The minimum absolute atomic E-state index is 0.110. The van der Waals surface area contributed by atoms with Crippen LogP contribution in [0.15, 0.2) is 36.5 Å². The lowest BCUT2D eigenvalue weighted by Crippen LogP contribution is -2.32. The Balaban J connectivity index is 1.61. The first-order chi connectivity index (χ1) is 12.1. The van der Waals surface area contributed by atoms with Crippen LogP contribution in [-0.4, -0.2) is 49.2 Å². The van der Waals surface area contributed by atoms with Crippen LogP contribution in [0.5, 0.6) is 0 Å². The lowest BCUT2D eigenvalue weighted by atomic mass is 10.2. The number of rotatable bonds is 6. The zero-order valence-corrected chi connectivity index (χ0v) is 14.5. The smallest absolute Gasteiger partial charge is 0.270 e. The molecule has 25 heavy (non-hydrogen) atoms. The first-order valence-corrected chi connectivity index (χ1v) is 8.39. The summed E-state index contributed by atoms with van der Waals surface area (Å²) in [5, 5.41) is 5.98. The Kier molecular flexibility index (Phi) is 5.45. The highest BCUT2D eigenvalue weighted by molar-refractivity contribution is 5.92. The lowest BCUT2D eigenvalue weighted by Gasteiger charge is -2.13. The number of carbonyl (C=O) groups is 1. The van der Waals surface area contributed by atoms with Crippen molar-refractivity contribution in [2.24, 2.45) is 0 Å². The molecule has 2 N–H and O–H groups in total. The molecule has 3 rings (SSSR count). The molecule has 7 heteroatoms. The number of amides is 1. The normalized spacial score (nSPS) is 16.5. The summed E-state index contributed by atoms with van der Waals surface area (Å²) in [4.78, 5) is 22.7. The molecule has 1 aliphatic heterocycles. The average Bonchev–Trinajstić information content (AvgIpc) is 3.14. The Morgan fingerprint density at radius 2 is 2.08 bits per heavy atom.